The van der Waals surface area contributed by atoms with E-state index in [2.05, 4.69) is 19.8 Å². The van der Waals surface area contributed by atoms with Crippen molar-refractivity contribution in [3.63, 3.8) is 0 Å². The molecule has 142 valence electrons. The predicted molar refractivity (Wildman–Crippen MR) is 99.5 cm³/mol. The number of pyridine rings is 1. The number of methoxy groups -OCH3 is 1. The standard InChI is InChI=1S/C18H21N5O3S/c1-12-7-8-15(13-5-3-9-19-17(12)13)27(24,25)22-14-6-4-10-23-18(14)20-16(21-23)11-26-2/h3,5,7-9,14,22H,4,6,10-11H2,1-2H3. The van der Waals surface area contributed by atoms with Gasteiger partial charge in [-0.05, 0) is 43.5 Å². The normalized spacial score (nSPS) is 17.2. The van der Waals surface area contributed by atoms with Crippen molar-refractivity contribution in [2.24, 2.45) is 0 Å². The van der Waals surface area contributed by atoms with Crippen LogP contribution in [-0.4, -0.2) is 35.3 Å². The summed E-state index contributed by atoms with van der Waals surface area (Å²) in [4.78, 5) is 9.02. The Bertz CT molecular complexity index is 1090. The first-order valence-electron chi connectivity index (χ1n) is 8.79. The van der Waals surface area contributed by atoms with E-state index in [-0.39, 0.29) is 4.90 Å². The Balaban J connectivity index is 1.71. The summed E-state index contributed by atoms with van der Waals surface area (Å²) in [5, 5.41) is 5.00. The highest BCUT2D eigenvalue weighted by atomic mass is 32.2. The average Bonchev–Trinajstić information content (AvgIpc) is 3.06. The molecule has 3 aromatic rings. The zero-order valence-corrected chi connectivity index (χ0v) is 16.0. The van der Waals surface area contributed by atoms with E-state index in [0.717, 1.165) is 18.5 Å². The zero-order valence-electron chi connectivity index (χ0n) is 15.2. The van der Waals surface area contributed by atoms with Crippen LogP contribution >= 0.6 is 0 Å². The monoisotopic (exact) mass is 387 g/mol. The van der Waals surface area contributed by atoms with E-state index < -0.39 is 16.1 Å². The van der Waals surface area contributed by atoms with Crippen molar-refractivity contribution in [3.8, 4) is 0 Å². The lowest BCUT2D eigenvalue weighted by atomic mass is 10.1. The SMILES string of the molecule is COCc1nc2n(n1)CCCC2NS(=O)(=O)c1ccc(C)c2ncccc12. The molecular weight excluding hydrogens is 366 g/mol. The van der Waals surface area contributed by atoms with Crippen molar-refractivity contribution in [1.29, 1.82) is 0 Å². The topological polar surface area (TPSA) is 99.0 Å². The maximum absolute atomic E-state index is 13.1. The Hall–Kier alpha value is -2.36. The lowest BCUT2D eigenvalue weighted by Crippen LogP contribution is -2.33. The number of hydrogen-bond acceptors (Lipinski definition) is 6. The first kappa shape index (κ1) is 18.0. The van der Waals surface area contributed by atoms with E-state index >= 15 is 0 Å². The summed E-state index contributed by atoms with van der Waals surface area (Å²) in [5.74, 6) is 1.19. The molecule has 0 amide bonds. The van der Waals surface area contributed by atoms with Crippen LogP contribution in [0.1, 0.15) is 36.1 Å². The van der Waals surface area contributed by atoms with Crippen molar-refractivity contribution in [2.75, 3.05) is 7.11 Å². The maximum Gasteiger partial charge on any atom is 0.241 e. The van der Waals surface area contributed by atoms with Gasteiger partial charge >= 0.3 is 0 Å². The number of sulfonamides is 1. The summed E-state index contributed by atoms with van der Waals surface area (Å²) in [6.45, 7) is 2.94. The van der Waals surface area contributed by atoms with Gasteiger partial charge in [-0.25, -0.2) is 22.8 Å². The third-order valence-corrected chi connectivity index (χ3v) is 6.24. The Morgan fingerprint density at radius 1 is 1.33 bits per heavy atom. The van der Waals surface area contributed by atoms with Gasteiger partial charge in [-0.15, -0.1) is 0 Å². The molecule has 0 aliphatic carbocycles. The van der Waals surface area contributed by atoms with Gasteiger partial charge in [0.2, 0.25) is 10.0 Å². The first-order valence-corrected chi connectivity index (χ1v) is 10.3. The fourth-order valence-corrected chi connectivity index (χ4v) is 4.90. The number of nitrogens with zero attached hydrogens (tertiary/aromatic N) is 4. The van der Waals surface area contributed by atoms with Crippen molar-refractivity contribution in [1.82, 2.24) is 24.5 Å². The van der Waals surface area contributed by atoms with Crippen LogP contribution in [0.4, 0.5) is 0 Å². The number of benzene rings is 1. The lowest BCUT2D eigenvalue weighted by molar-refractivity contribution is 0.177. The minimum absolute atomic E-state index is 0.227. The number of rotatable bonds is 5. The third kappa shape index (κ3) is 3.33. The van der Waals surface area contributed by atoms with Crippen LogP contribution in [-0.2, 0) is 27.9 Å². The third-order valence-electron chi connectivity index (χ3n) is 4.71. The zero-order chi connectivity index (χ0) is 19.0. The molecule has 2 aromatic heterocycles. The molecule has 1 unspecified atom stereocenters. The van der Waals surface area contributed by atoms with Gasteiger partial charge in [0.1, 0.15) is 12.4 Å². The maximum atomic E-state index is 13.1. The van der Waals surface area contributed by atoms with Gasteiger partial charge in [-0.2, -0.15) is 5.10 Å². The van der Waals surface area contributed by atoms with E-state index in [9.17, 15) is 8.42 Å². The van der Waals surface area contributed by atoms with Crippen LogP contribution in [0, 0.1) is 6.92 Å². The van der Waals surface area contributed by atoms with Crippen molar-refractivity contribution in [2.45, 2.75) is 43.9 Å². The van der Waals surface area contributed by atoms with E-state index in [1.807, 2.05) is 6.92 Å². The van der Waals surface area contributed by atoms with Crippen molar-refractivity contribution >= 4 is 20.9 Å². The summed E-state index contributed by atoms with van der Waals surface area (Å²) in [7, 11) is -2.17. The van der Waals surface area contributed by atoms with Gasteiger partial charge in [-0.3, -0.25) is 4.98 Å². The van der Waals surface area contributed by atoms with Gasteiger partial charge in [-0.1, -0.05) is 6.07 Å². The van der Waals surface area contributed by atoms with Gasteiger partial charge in [0.25, 0.3) is 0 Å². The molecule has 8 nitrogen and oxygen atoms in total. The molecule has 0 radical (unpaired) electrons. The highest BCUT2D eigenvalue weighted by molar-refractivity contribution is 7.89. The Morgan fingerprint density at radius 2 is 2.19 bits per heavy atom. The molecule has 0 fully saturated rings. The quantitative estimate of drug-likeness (QED) is 0.720. The van der Waals surface area contributed by atoms with Crippen LogP contribution in [0.25, 0.3) is 10.9 Å². The van der Waals surface area contributed by atoms with Gasteiger partial charge in [0, 0.05) is 25.2 Å². The summed E-state index contributed by atoms with van der Waals surface area (Å²) in [5.41, 5.74) is 1.63. The molecule has 1 aliphatic heterocycles. The van der Waals surface area contributed by atoms with E-state index in [4.69, 9.17) is 4.74 Å². The minimum Gasteiger partial charge on any atom is -0.377 e. The number of nitrogens with one attached hydrogen (secondary N) is 1. The molecule has 1 aromatic carbocycles. The molecule has 0 saturated carbocycles. The average molecular weight is 387 g/mol. The van der Waals surface area contributed by atoms with Crippen LogP contribution in [0.15, 0.2) is 35.4 Å². The summed E-state index contributed by atoms with van der Waals surface area (Å²) >= 11 is 0. The number of aromatic nitrogens is 4. The molecular formula is C18H21N5O3S. The van der Waals surface area contributed by atoms with E-state index in [0.29, 0.717) is 35.6 Å². The van der Waals surface area contributed by atoms with Crippen LogP contribution in [0.3, 0.4) is 0 Å². The summed E-state index contributed by atoms with van der Waals surface area (Å²) < 4.78 is 36.0. The summed E-state index contributed by atoms with van der Waals surface area (Å²) in [6.07, 6.45) is 3.17. The summed E-state index contributed by atoms with van der Waals surface area (Å²) in [6, 6.07) is 6.52. The number of ether oxygens (including phenoxy) is 1. The molecule has 4 rings (SSSR count). The number of fused-ring (bicyclic) bond motifs is 2. The number of hydrogen-bond donors (Lipinski definition) is 1. The molecule has 1 aliphatic rings. The molecule has 0 spiro atoms. The Labute approximate surface area is 157 Å². The highest BCUT2D eigenvalue weighted by Gasteiger charge is 2.30. The fraction of sp³-hybridized carbons (Fsp3) is 0.389. The molecule has 27 heavy (non-hydrogen) atoms. The molecule has 0 bridgehead atoms. The highest BCUT2D eigenvalue weighted by Crippen LogP contribution is 2.28. The van der Waals surface area contributed by atoms with Crippen molar-refractivity contribution < 1.29 is 13.2 Å². The largest absolute Gasteiger partial charge is 0.377 e. The Morgan fingerprint density at radius 3 is 3.00 bits per heavy atom. The van der Waals surface area contributed by atoms with Crippen LogP contribution < -0.4 is 4.72 Å². The van der Waals surface area contributed by atoms with Gasteiger partial charge in [0.05, 0.1) is 16.5 Å². The van der Waals surface area contributed by atoms with Crippen molar-refractivity contribution in [3.05, 3.63) is 47.7 Å². The van der Waals surface area contributed by atoms with E-state index in [1.54, 1.807) is 42.3 Å². The molecule has 3 heterocycles. The molecule has 9 heteroatoms. The second-order valence-electron chi connectivity index (χ2n) is 6.64. The molecule has 1 N–H and O–H groups in total. The van der Waals surface area contributed by atoms with Gasteiger partial charge in [0.15, 0.2) is 5.82 Å². The Kier molecular flexibility index (Phi) is 4.67. The molecule has 0 saturated heterocycles. The second kappa shape index (κ2) is 6.99. The number of aryl methyl sites for hydroxylation is 2. The van der Waals surface area contributed by atoms with Gasteiger partial charge < -0.3 is 4.74 Å². The van der Waals surface area contributed by atoms with E-state index in [1.165, 1.54) is 0 Å². The predicted octanol–water partition coefficient (Wildman–Crippen LogP) is 2.09. The smallest absolute Gasteiger partial charge is 0.241 e. The minimum atomic E-state index is -3.75. The lowest BCUT2D eigenvalue weighted by Gasteiger charge is -2.23. The van der Waals surface area contributed by atoms with Crippen LogP contribution in [0.5, 0.6) is 0 Å². The second-order valence-corrected chi connectivity index (χ2v) is 8.32. The molecule has 1 atom stereocenters. The first-order chi connectivity index (χ1) is 13.0. The fourth-order valence-electron chi connectivity index (χ4n) is 3.47. The van der Waals surface area contributed by atoms with Crippen LogP contribution in [0.2, 0.25) is 0 Å².